The molecule has 0 bridgehead atoms. The Morgan fingerprint density at radius 2 is 0.962 bits per heavy atom. The van der Waals surface area contributed by atoms with E-state index in [4.69, 9.17) is 30.8 Å². The van der Waals surface area contributed by atoms with E-state index in [1.54, 1.807) is 0 Å². The predicted octanol–water partition coefficient (Wildman–Crippen LogP) is -1.52. The Labute approximate surface area is 143 Å². The summed E-state index contributed by atoms with van der Waals surface area (Å²) in [5, 5.41) is 52.8. The molecular weight excluding hydrogens is 368 g/mol. The van der Waals surface area contributed by atoms with E-state index in [0.29, 0.717) is 0 Å². The maximum absolute atomic E-state index is 11.9. The molecule has 0 aromatic carbocycles. The van der Waals surface area contributed by atoms with Gasteiger partial charge in [0.2, 0.25) is 11.2 Å². The van der Waals surface area contributed by atoms with Gasteiger partial charge in [-0.15, -0.1) is 0 Å². The summed E-state index contributed by atoms with van der Waals surface area (Å²) < 4.78 is 4.36. The number of carbonyl (C=O) groups is 6. The fourth-order valence-corrected chi connectivity index (χ4v) is 1.87. The van der Waals surface area contributed by atoms with E-state index < -0.39 is 72.7 Å². The average molecular weight is 382 g/mol. The van der Waals surface area contributed by atoms with E-state index in [2.05, 4.69) is 9.62 Å². The zero-order valence-electron chi connectivity index (χ0n) is 12.8. The third-order valence-electron chi connectivity index (χ3n) is 3.00. The zero-order valence-corrected chi connectivity index (χ0v) is 12.8. The monoisotopic (exact) mass is 382 g/mol. The summed E-state index contributed by atoms with van der Waals surface area (Å²) in [6.07, 6.45) is -5.98. The number of ether oxygens (including phenoxy) is 1. The molecule has 0 radical (unpaired) electrons. The van der Waals surface area contributed by atoms with Gasteiger partial charge in [0.05, 0.1) is 25.7 Å². The third-order valence-corrected chi connectivity index (χ3v) is 3.00. The lowest BCUT2D eigenvalue weighted by atomic mass is 9.93. The van der Waals surface area contributed by atoms with Crippen molar-refractivity contribution in [3.8, 4) is 0 Å². The molecule has 0 saturated carbocycles. The lowest BCUT2D eigenvalue weighted by Gasteiger charge is -2.28. The van der Waals surface area contributed by atoms with Gasteiger partial charge in [-0.3, -0.25) is 24.4 Å². The average Bonchev–Trinajstić information content (AvgIpc) is 2.43. The van der Waals surface area contributed by atoms with Gasteiger partial charge in [-0.25, -0.2) is 14.5 Å². The Kier molecular flexibility index (Phi) is 7.63. The maximum Gasteiger partial charge on any atom is 0.349 e. The van der Waals surface area contributed by atoms with Crippen LogP contribution in [-0.4, -0.2) is 77.8 Å². The van der Waals surface area contributed by atoms with Crippen LogP contribution in [0.5, 0.6) is 0 Å². The highest BCUT2D eigenvalue weighted by atomic mass is 17.1. The van der Waals surface area contributed by atoms with Gasteiger partial charge >= 0.3 is 35.8 Å². The molecule has 0 saturated heterocycles. The first kappa shape index (κ1) is 22.7. The van der Waals surface area contributed by atoms with Crippen LogP contribution in [-0.2, 0) is 38.4 Å². The molecule has 0 amide bonds. The van der Waals surface area contributed by atoms with Crippen LogP contribution in [0.4, 0.5) is 0 Å². The van der Waals surface area contributed by atoms with Crippen molar-refractivity contribution in [2.24, 2.45) is 0 Å². The second-order valence-corrected chi connectivity index (χ2v) is 5.05. The molecule has 0 fully saturated rings. The molecule has 26 heavy (non-hydrogen) atoms. The van der Waals surface area contributed by atoms with E-state index in [1.807, 2.05) is 0 Å². The lowest BCUT2D eigenvalue weighted by Crippen LogP contribution is -2.50. The summed E-state index contributed by atoms with van der Waals surface area (Å²) in [4.78, 5) is 70.1. The summed E-state index contributed by atoms with van der Waals surface area (Å²) in [5.41, 5.74) is -6.17. The number of rotatable bonds is 12. The smallest absolute Gasteiger partial charge is 0.349 e. The summed E-state index contributed by atoms with van der Waals surface area (Å²) >= 11 is 0. The van der Waals surface area contributed by atoms with Crippen molar-refractivity contribution in [3.63, 3.8) is 0 Å². The largest absolute Gasteiger partial charge is 0.481 e. The Morgan fingerprint density at radius 1 is 0.615 bits per heavy atom. The van der Waals surface area contributed by atoms with Gasteiger partial charge in [0, 0.05) is 0 Å². The van der Waals surface area contributed by atoms with Gasteiger partial charge < -0.3 is 30.3 Å². The van der Waals surface area contributed by atoms with Gasteiger partial charge in [0.15, 0.2) is 0 Å². The Bertz CT molecular complexity index is 605. The van der Waals surface area contributed by atoms with Gasteiger partial charge in [-0.1, -0.05) is 0 Å². The molecule has 14 heteroatoms. The third kappa shape index (κ3) is 5.99. The summed E-state index contributed by atoms with van der Waals surface area (Å²) in [5.74, 6) is -11.6. The Morgan fingerprint density at radius 3 is 1.23 bits per heavy atom. The van der Waals surface area contributed by atoms with Crippen LogP contribution in [0.2, 0.25) is 0 Å². The number of carbonyl (C=O) groups excluding carboxylic acids is 1. The first-order valence-corrected chi connectivity index (χ1v) is 6.47. The maximum atomic E-state index is 11.9. The topological polar surface area (TPSA) is 242 Å². The predicted molar refractivity (Wildman–Crippen MR) is 71.9 cm³/mol. The number of hydrogen-bond donors (Lipinski definition) is 6. The summed E-state index contributed by atoms with van der Waals surface area (Å²) in [6.45, 7) is 0. The van der Waals surface area contributed by atoms with Crippen molar-refractivity contribution in [1.29, 1.82) is 0 Å². The van der Waals surface area contributed by atoms with E-state index in [9.17, 15) is 28.8 Å². The molecule has 0 aliphatic heterocycles. The van der Waals surface area contributed by atoms with E-state index >= 15 is 0 Å². The number of aliphatic carboxylic acids is 5. The Balaban J connectivity index is 5.75. The van der Waals surface area contributed by atoms with Crippen LogP contribution in [0.1, 0.15) is 25.7 Å². The van der Waals surface area contributed by atoms with Crippen LogP contribution in [0.3, 0.4) is 0 Å². The number of esters is 1. The van der Waals surface area contributed by atoms with Crippen molar-refractivity contribution in [1.82, 2.24) is 0 Å². The molecule has 1 atom stereocenters. The van der Waals surface area contributed by atoms with Crippen molar-refractivity contribution in [2.45, 2.75) is 36.9 Å². The van der Waals surface area contributed by atoms with E-state index in [0.717, 1.165) is 0 Å². The highest BCUT2D eigenvalue weighted by Crippen LogP contribution is 2.27. The molecule has 1 unspecified atom stereocenters. The van der Waals surface area contributed by atoms with Gasteiger partial charge in [-0.05, 0) is 0 Å². The van der Waals surface area contributed by atoms with E-state index in [-0.39, 0.29) is 0 Å². The number of carboxylic acids is 5. The molecule has 0 aliphatic rings. The minimum atomic E-state index is -3.10. The Hall–Kier alpha value is -3.26. The highest BCUT2D eigenvalue weighted by molar-refractivity contribution is 5.93. The van der Waals surface area contributed by atoms with Crippen molar-refractivity contribution >= 4 is 35.8 Å². The minimum absolute atomic E-state index is 1.45. The van der Waals surface area contributed by atoms with Gasteiger partial charge in [0.25, 0.3) is 0 Å². The second-order valence-electron chi connectivity index (χ2n) is 5.05. The lowest BCUT2D eigenvalue weighted by molar-refractivity contribution is -0.319. The SMILES string of the molecule is O=C(O)CC(CC(=O)OC(CC(=O)O)(CC(=O)O)C(=O)O)(OO)C(=O)O. The van der Waals surface area contributed by atoms with Gasteiger partial charge in [-0.2, -0.15) is 0 Å². The molecule has 146 valence electrons. The molecule has 0 heterocycles. The molecule has 6 N–H and O–H groups in total. The standard InChI is InChI=1S/C12H14O14/c13-5(14)1-11(9(20)21,2-6(15)16)25-8(19)4-12(26-24,10(22)23)3-7(17)18/h24H,1-4H2,(H,13,14)(H,15,16)(H,17,18)(H,20,21)(H,22,23). The van der Waals surface area contributed by atoms with Crippen LogP contribution in [0.25, 0.3) is 0 Å². The first-order chi connectivity index (χ1) is 11.8. The van der Waals surface area contributed by atoms with Crippen LogP contribution in [0, 0.1) is 0 Å². The van der Waals surface area contributed by atoms with Gasteiger partial charge in [0.1, 0.15) is 0 Å². The molecular formula is C12H14O14. The molecule has 0 rings (SSSR count). The fourth-order valence-electron chi connectivity index (χ4n) is 1.87. The van der Waals surface area contributed by atoms with Crippen molar-refractivity contribution in [2.75, 3.05) is 0 Å². The molecule has 14 nitrogen and oxygen atoms in total. The summed E-state index contributed by atoms with van der Waals surface area (Å²) in [6, 6.07) is 0. The molecule has 0 aromatic heterocycles. The fraction of sp³-hybridized carbons (Fsp3) is 0.500. The second kappa shape index (κ2) is 8.72. The summed E-state index contributed by atoms with van der Waals surface area (Å²) in [7, 11) is 0. The van der Waals surface area contributed by atoms with Crippen molar-refractivity contribution in [3.05, 3.63) is 0 Å². The van der Waals surface area contributed by atoms with Crippen LogP contribution < -0.4 is 0 Å². The minimum Gasteiger partial charge on any atom is -0.481 e. The first-order valence-electron chi connectivity index (χ1n) is 6.47. The van der Waals surface area contributed by atoms with Crippen LogP contribution in [0.15, 0.2) is 0 Å². The molecule has 0 aliphatic carbocycles. The zero-order chi connectivity index (χ0) is 20.7. The molecule has 0 spiro atoms. The van der Waals surface area contributed by atoms with E-state index in [1.165, 1.54) is 0 Å². The quantitative estimate of drug-likeness (QED) is 0.127. The highest BCUT2D eigenvalue weighted by Gasteiger charge is 2.51. The van der Waals surface area contributed by atoms with Crippen molar-refractivity contribution < 1.29 is 69.2 Å². The number of hydrogen-bond acceptors (Lipinski definition) is 9. The molecule has 0 aromatic rings. The van der Waals surface area contributed by atoms with Crippen LogP contribution >= 0.6 is 0 Å². The number of carboxylic acid groups (broad SMARTS) is 5. The normalized spacial score (nSPS) is 13.3.